The van der Waals surface area contributed by atoms with Gasteiger partial charge in [0.15, 0.2) is 9.50 Å². The zero-order chi connectivity index (χ0) is 16.2. The van der Waals surface area contributed by atoms with Gasteiger partial charge in [-0.2, -0.15) is 0 Å². The summed E-state index contributed by atoms with van der Waals surface area (Å²) in [7, 11) is 0. The highest BCUT2D eigenvalue weighted by Gasteiger charge is 2.28. The van der Waals surface area contributed by atoms with Crippen LogP contribution >= 0.6 is 22.9 Å². The van der Waals surface area contributed by atoms with E-state index in [1.165, 1.54) is 11.3 Å². The van der Waals surface area contributed by atoms with Gasteiger partial charge >= 0.3 is 0 Å². The minimum Gasteiger partial charge on any atom is -0.377 e. The first-order valence-corrected chi connectivity index (χ1v) is 8.45. The molecule has 1 aromatic rings. The molecule has 0 saturated carbocycles. The van der Waals surface area contributed by atoms with Crippen molar-refractivity contribution in [2.24, 2.45) is 5.10 Å². The van der Waals surface area contributed by atoms with Crippen molar-refractivity contribution in [2.45, 2.75) is 25.5 Å². The highest BCUT2D eigenvalue weighted by Crippen LogP contribution is 2.21. The Kier molecular flexibility index (Phi) is 5.26. The summed E-state index contributed by atoms with van der Waals surface area (Å²) in [4.78, 5) is 19.6. The van der Waals surface area contributed by atoms with E-state index in [1.54, 1.807) is 6.20 Å². The Morgan fingerprint density at radius 1 is 1.65 bits per heavy atom. The minimum absolute atomic E-state index is 0.227. The second kappa shape index (κ2) is 7.39. The maximum atomic E-state index is 10.7. The standard InChI is InChI=1S/C12H17ClN6O3S/c13-11-14-4-10(23-11)6-18-8-17(5-9-2-1-3-22-9)7-15-12(18)16-19(20)21/h4,9H,1-3,5-8H2,(H,15,16). The van der Waals surface area contributed by atoms with Gasteiger partial charge in [-0.25, -0.2) is 15.1 Å². The lowest BCUT2D eigenvalue weighted by Gasteiger charge is -2.37. The third kappa shape index (κ3) is 4.50. The number of hydrazone groups is 1. The van der Waals surface area contributed by atoms with Gasteiger partial charge in [-0.05, 0) is 12.8 Å². The molecule has 3 rings (SSSR count). The second-order valence-electron chi connectivity index (χ2n) is 5.40. The van der Waals surface area contributed by atoms with Gasteiger partial charge in [-0.1, -0.05) is 11.6 Å². The van der Waals surface area contributed by atoms with Crippen LogP contribution in [0, 0.1) is 10.1 Å². The van der Waals surface area contributed by atoms with Crippen LogP contribution in [-0.4, -0.2) is 58.4 Å². The summed E-state index contributed by atoms with van der Waals surface area (Å²) in [5.74, 6) is 0.253. The van der Waals surface area contributed by atoms with Gasteiger partial charge in [0.1, 0.15) is 5.10 Å². The van der Waals surface area contributed by atoms with Crippen LogP contribution in [0.2, 0.25) is 4.47 Å². The molecule has 0 spiro atoms. The van der Waals surface area contributed by atoms with E-state index in [0.29, 0.717) is 24.3 Å². The van der Waals surface area contributed by atoms with E-state index >= 15 is 0 Å². The molecule has 1 aromatic heterocycles. The largest absolute Gasteiger partial charge is 0.377 e. The van der Waals surface area contributed by atoms with Crippen LogP contribution in [0.1, 0.15) is 17.7 Å². The van der Waals surface area contributed by atoms with Crippen LogP contribution in [-0.2, 0) is 11.3 Å². The predicted molar refractivity (Wildman–Crippen MR) is 85.6 cm³/mol. The molecule has 1 N–H and O–H groups in total. The molecule has 3 heterocycles. The average molecular weight is 361 g/mol. The van der Waals surface area contributed by atoms with E-state index in [4.69, 9.17) is 16.3 Å². The molecule has 1 unspecified atom stereocenters. The van der Waals surface area contributed by atoms with Crippen molar-refractivity contribution < 1.29 is 9.77 Å². The van der Waals surface area contributed by atoms with E-state index < -0.39 is 5.03 Å². The molecule has 9 nitrogen and oxygen atoms in total. The topological polar surface area (TPSA) is 96.1 Å². The molecule has 0 aromatic carbocycles. The fraction of sp³-hybridized carbons (Fsp3) is 0.667. The first-order valence-electron chi connectivity index (χ1n) is 7.26. The molecule has 126 valence electrons. The van der Waals surface area contributed by atoms with Gasteiger partial charge in [-0.3, -0.25) is 4.90 Å². The van der Waals surface area contributed by atoms with Crippen LogP contribution in [0.4, 0.5) is 0 Å². The minimum atomic E-state index is -0.690. The molecular formula is C12H17ClN6O3S. The number of hydrogen-bond acceptors (Lipinski definition) is 6. The fourth-order valence-electron chi connectivity index (χ4n) is 2.70. The molecule has 2 fully saturated rings. The van der Waals surface area contributed by atoms with Crippen LogP contribution in [0.5, 0.6) is 0 Å². The smallest absolute Gasteiger partial charge is 0.273 e. The number of nitrogens with zero attached hydrogens (tertiary/aromatic N) is 5. The molecule has 0 amide bonds. The Bertz CT molecular complexity index is 591. The predicted octanol–water partition coefficient (Wildman–Crippen LogP) is 1.15. The molecular weight excluding hydrogens is 344 g/mol. The van der Waals surface area contributed by atoms with Gasteiger partial charge in [0.05, 0.1) is 26.0 Å². The molecule has 0 aliphatic carbocycles. The maximum absolute atomic E-state index is 10.7. The van der Waals surface area contributed by atoms with E-state index in [2.05, 4.69) is 20.3 Å². The fourth-order valence-corrected chi connectivity index (χ4v) is 3.69. The molecule has 0 radical (unpaired) electrons. The molecule has 11 heteroatoms. The lowest BCUT2D eigenvalue weighted by molar-refractivity contribution is -0.486. The van der Waals surface area contributed by atoms with Crippen molar-refractivity contribution in [3.63, 3.8) is 0 Å². The molecule has 23 heavy (non-hydrogen) atoms. The molecule has 2 aliphatic rings. The van der Waals surface area contributed by atoms with Crippen LogP contribution in [0.15, 0.2) is 11.3 Å². The average Bonchev–Trinajstić information content (AvgIpc) is 3.13. The number of nitrogens with one attached hydrogen (secondary N) is 1. The van der Waals surface area contributed by atoms with Crippen LogP contribution in [0.25, 0.3) is 0 Å². The molecule has 0 bridgehead atoms. The Balaban J connectivity index is 1.67. The normalized spacial score (nSPS) is 24.1. The number of aromatic nitrogens is 1. The Morgan fingerprint density at radius 2 is 2.52 bits per heavy atom. The number of rotatable bonds is 5. The lowest BCUT2D eigenvalue weighted by Crippen LogP contribution is -2.57. The van der Waals surface area contributed by atoms with Crippen molar-refractivity contribution in [1.29, 1.82) is 0 Å². The summed E-state index contributed by atoms with van der Waals surface area (Å²) in [6.07, 6.45) is 4.04. The van der Waals surface area contributed by atoms with E-state index in [0.717, 1.165) is 30.9 Å². The van der Waals surface area contributed by atoms with Gasteiger partial charge in [0.2, 0.25) is 0 Å². The number of hydrogen-bond donors (Lipinski definition) is 1. The van der Waals surface area contributed by atoms with Crippen molar-refractivity contribution in [3.05, 3.63) is 25.7 Å². The number of ether oxygens (including phenoxy) is 1. The summed E-state index contributed by atoms with van der Waals surface area (Å²) in [5.41, 5.74) is 0. The van der Waals surface area contributed by atoms with E-state index in [1.807, 2.05) is 4.90 Å². The first kappa shape index (κ1) is 16.4. The van der Waals surface area contributed by atoms with Crippen molar-refractivity contribution in [2.75, 3.05) is 26.5 Å². The molecule has 1 atom stereocenters. The van der Waals surface area contributed by atoms with Crippen molar-refractivity contribution in [3.8, 4) is 0 Å². The zero-order valence-corrected chi connectivity index (χ0v) is 13.9. The van der Waals surface area contributed by atoms with Gasteiger partial charge in [0.25, 0.3) is 5.96 Å². The quantitative estimate of drug-likeness (QED) is 0.621. The van der Waals surface area contributed by atoms with Gasteiger partial charge < -0.3 is 15.0 Å². The van der Waals surface area contributed by atoms with Crippen molar-refractivity contribution in [1.82, 2.24) is 20.1 Å². The third-order valence-electron chi connectivity index (χ3n) is 3.67. The van der Waals surface area contributed by atoms with Gasteiger partial charge in [0, 0.05) is 24.2 Å². The maximum Gasteiger partial charge on any atom is 0.273 e. The highest BCUT2D eigenvalue weighted by atomic mass is 35.5. The Labute approximate surface area is 142 Å². The summed E-state index contributed by atoms with van der Waals surface area (Å²) in [6, 6.07) is 0. The van der Waals surface area contributed by atoms with E-state index in [9.17, 15) is 10.1 Å². The number of guanidine groups is 1. The highest BCUT2D eigenvalue weighted by molar-refractivity contribution is 7.15. The summed E-state index contributed by atoms with van der Waals surface area (Å²) < 4.78 is 6.10. The van der Waals surface area contributed by atoms with E-state index in [-0.39, 0.29) is 12.1 Å². The Hall–Kier alpha value is -1.49. The van der Waals surface area contributed by atoms with Crippen LogP contribution in [0.3, 0.4) is 0 Å². The second-order valence-corrected chi connectivity index (χ2v) is 7.10. The van der Waals surface area contributed by atoms with Crippen molar-refractivity contribution >= 4 is 28.9 Å². The number of halogens is 1. The molecule has 2 saturated heterocycles. The summed E-state index contributed by atoms with van der Waals surface area (Å²) in [6.45, 7) is 3.11. The van der Waals surface area contributed by atoms with Gasteiger partial charge in [-0.15, -0.1) is 11.3 Å². The zero-order valence-electron chi connectivity index (χ0n) is 12.4. The number of nitro groups is 1. The lowest BCUT2D eigenvalue weighted by atomic mass is 10.2. The SMILES string of the molecule is O=[N+]([O-])/N=C1\NCN(CC2CCCO2)CN1Cc1cnc(Cl)s1. The Morgan fingerprint density at radius 3 is 3.17 bits per heavy atom. The monoisotopic (exact) mass is 360 g/mol. The number of thiazole rings is 1. The summed E-state index contributed by atoms with van der Waals surface area (Å²) >= 11 is 7.20. The summed E-state index contributed by atoms with van der Waals surface area (Å²) in [5, 5.41) is 16.5. The molecule has 2 aliphatic heterocycles. The third-order valence-corrected chi connectivity index (χ3v) is 4.76. The van der Waals surface area contributed by atoms with Crippen LogP contribution < -0.4 is 5.32 Å². The first-order chi connectivity index (χ1) is 11.1.